The van der Waals surface area contributed by atoms with Crippen LogP contribution in [-0.2, 0) is 0 Å². The summed E-state index contributed by atoms with van der Waals surface area (Å²) >= 11 is 10.7. The lowest BCUT2D eigenvalue weighted by atomic mass is 10.3. The molecule has 2 N–H and O–H groups in total. The number of hydrogen-bond acceptors (Lipinski definition) is 6. The largest absolute Gasteiger partial charge is 0.329 e. The number of halogens is 1. The molecule has 0 saturated heterocycles. The van der Waals surface area contributed by atoms with Gasteiger partial charge in [0.2, 0.25) is 0 Å². The van der Waals surface area contributed by atoms with Gasteiger partial charge in [-0.3, -0.25) is 0 Å². The van der Waals surface area contributed by atoms with E-state index in [4.69, 9.17) is 17.3 Å². The Hall–Kier alpha value is -0.140. The van der Waals surface area contributed by atoms with E-state index >= 15 is 0 Å². The van der Waals surface area contributed by atoms with Crippen LogP contribution in [0.5, 0.6) is 0 Å². The Bertz CT molecular complexity index is 468. The van der Waals surface area contributed by atoms with Crippen LogP contribution in [0.2, 0.25) is 4.34 Å². The third-order valence-corrected chi connectivity index (χ3v) is 5.56. The van der Waals surface area contributed by atoms with Gasteiger partial charge in [-0.05, 0) is 19.1 Å². The van der Waals surface area contributed by atoms with E-state index in [9.17, 15) is 0 Å². The summed E-state index contributed by atoms with van der Waals surface area (Å²) in [6.07, 6.45) is 0. The zero-order valence-corrected chi connectivity index (χ0v) is 11.7. The minimum absolute atomic E-state index is 0.213. The smallest absolute Gasteiger partial charge is 0.174 e. The predicted octanol–water partition coefficient (Wildman–Crippen LogP) is 3.35. The number of nitrogens with zero attached hydrogens (tertiary/aromatic N) is 2. The summed E-state index contributed by atoms with van der Waals surface area (Å²) in [4.78, 5) is 1.19. The molecule has 0 amide bonds. The molecule has 2 heterocycles. The van der Waals surface area contributed by atoms with E-state index in [0.29, 0.717) is 6.54 Å². The van der Waals surface area contributed by atoms with Gasteiger partial charge in [-0.25, -0.2) is 0 Å². The predicted molar refractivity (Wildman–Crippen MR) is 71.6 cm³/mol. The van der Waals surface area contributed by atoms with Crippen molar-refractivity contribution in [2.24, 2.45) is 5.73 Å². The molecule has 0 aliphatic carbocycles. The monoisotopic (exact) mass is 291 g/mol. The molecule has 2 aromatic heterocycles. The van der Waals surface area contributed by atoms with Gasteiger partial charge in [0.1, 0.15) is 5.01 Å². The molecule has 0 fully saturated rings. The van der Waals surface area contributed by atoms with Crippen molar-refractivity contribution in [2.45, 2.75) is 16.5 Å². The van der Waals surface area contributed by atoms with E-state index < -0.39 is 0 Å². The maximum Gasteiger partial charge on any atom is 0.174 e. The summed E-state index contributed by atoms with van der Waals surface area (Å²) in [6.45, 7) is 2.52. The Kier molecular flexibility index (Phi) is 4.21. The Balaban J connectivity index is 2.12. The average Bonchev–Trinajstić information content (AvgIpc) is 2.84. The highest BCUT2D eigenvalue weighted by molar-refractivity contribution is 8.01. The average molecular weight is 292 g/mol. The molecule has 0 aromatic carbocycles. The number of nitrogens with two attached hydrogens (primary N) is 1. The highest BCUT2D eigenvalue weighted by Gasteiger charge is 2.16. The molecule has 0 bridgehead atoms. The Morgan fingerprint density at radius 2 is 2.25 bits per heavy atom. The van der Waals surface area contributed by atoms with E-state index in [1.54, 1.807) is 34.4 Å². The third-order valence-electron chi connectivity index (χ3n) is 1.88. The molecule has 2 aromatic rings. The van der Waals surface area contributed by atoms with Gasteiger partial charge in [0.15, 0.2) is 4.34 Å². The van der Waals surface area contributed by atoms with Gasteiger partial charge in [-0.2, -0.15) is 0 Å². The summed E-state index contributed by atoms with van der Waals surface area (Å²) in [5, 5.41) is 9.26. The van der Waals surface area contributed by atoms with Gasteiger partial charge in [0, 0.05) is 11.4 Å². The van der Waals surface area contributed by atoms with E-state index in [-0.39, 0.29) is 5.25 Å². The second-order valence-corrected chi connectivity index (χ2v) is 7.45. The normalized spacial score (nSPS) is 12.9. The fourth-order valence-corrected chi connectivity index (χ4v) is 4.46. The quantitative estimate of drug-likeness (QED) is 0.878. The molecule has 0 radical (unpaired) electrons. The van der Waals surface area contributed by atoms with Crippen molar-refractivity contribution in [3.8, 4) is 0 Å². The molecule has 0 aliphatic rings. The van der Waals surface area contributed by atoms with Crippen LogP contribution in [-0.4, -0.2) is 16.7 Å². The van der Waals surface area contributed by atoms with Gasteiger partial charge in [-0.1, -0.05) is 34.7 Å². The van der Waals surface area contributed by atoms with Crippen molar-refractivity contribution in [2.75, 3.05) is 6.54 Å². The first-order valence-electron chi connectivity index (χ1n) is 4.61. The molecule has 86 valence electrons. The standard InChI is InChI=1S/C9H10ClN3S3/c1-5-12-13-9(14-5)16-7(4-11)6-2-3-8(10)15-6/h2-3,7H,4,11H2,1H3. The van der Waals surface area contributed by atoms with Crippen LogP contribution in [0.1, 0.15) is 15.1 Å². The summed E-state index contributed by atoms with van der Waals surface area (Å²) in [5.41, 5.74) is 5.77. The molecule has 3 nitrogen and oxygen atoms in total. The number of thiophene rings is 1. The highest BCUT2D eigenvalue weighted by Crippen LogP contribution is 2.39. The first-order valence-corrected chi connectivity index (χ1v) is 7.50. The number of aryl methyl sites for hydroxylation is 1. The molecule has 1 atom stereocenters. The van der Waals surface area contributed by atoms with Crippen LogP contribution >= 0.6 is 46.0 Å². The van der Waals surface area contributed by atoms with Crippen molar-refractivity contribution >= 4 is 46.0 Å². The second-order valence-electron chi connectivity index (χ2n) is 3.07. The van der Waals surface area contributed by atoms with Gasteiger partial charge in [0.25, 0.3) is 0 Å². The first kappa shape index (κ1) is 12.3. The van der Waals surface area contributed by atoms with E-state index in [0.717, 1.165) is 13.7 Å². The topological polar surface area (TPSA) is 51.8 Å². The molecule has 0 spiro atoms. The maximum absolute atomic E-state index is 5.91. The van der Waals surface area contributed by atoms with Crippen molar-refractivity contribution in [3.63, 3.8) is 0 Å². The van der Waals surface area contributed by atoms with Gasteiger partial charge >= 0.3 is 0 Å². The zero-order valence-electron chi connectivity index (χ0n) is 8.51. The van der Waals surface area contributed by atoms with E-state index in [2.05, 4.69) is 10.2 Å². The summed E-state index contributed by atoms with van der Waals surface area (Å²) < 4.78 is 1.75. The van der Waals surface area contributed by atoms with Crippen LogP contribution in [0.4, 0.5) is 0 Å². The number of hydrogen-bond donors (Lipinski definition) is 1. The Morgan fingerprint density at radius 3 is 2.75 bits per heavy atom. The minimum atomic E-state index is 0.213. The van der Waals surface area contributed by atoms with Crippen LogP contribution < -0.4 is 5.73 Å². The minimum Gasteiger partial charge on any atom is -0.329 e. The second kappa shape index (κ2) is 5.46. The van der Waals surface area contributed by atoms with Crippen LogP contribution in [0.25, 0.3) is 0 Å². The molecule has 16 heavy (non-hydrogen) atoms. The van der Waals surface area contributed by atoms with Crippen molar-refractivity contribution in [1.82, 2.24) is 10.2 Å². The van der Waals surface area contributed by atoms with E-state index in [1.165, 1.54) is 4.88 Å². The van der Waals surface area contributed by atoms with Gasteiger partial charge in [0.05, 0.1) is 9.59 Å². The summed E-state index contributed by atoms with van der Waals surface area (Å²) in [5.74, 6) is 0. The fourth-order valence-electron chi connectivity index (χ4n) is 1.17. The molecule has 1 unspecified atom stereocenters. The lowest BCUT2D eigenvalue weighted by Gasteiger charge is -2.09. The first-order chi connectivity index (χ1) is 7.69. The summed E-state index contributed by atoms with van der Waals surface area (Å²) in [7, 11) is 0. The molecule has 0 saturated carbocycles. The van der Waals surface area contributed by atoms with Crippen molar-refractivity contribution < 1.29 is 0 Å². The lowest BCUT2D eigenvalue weighted by molar-refractivity contribution is 0.942. The van der Waals surface area contributed by atoms with Crippen LogP contribution in [0, 0.1) is 6.92 Å². The molecular formula is C9H10ClN3S3. The summed E-state index contributed by atoms with van der Waals surface area (Å²) in [6, 6.07) is 3.92. The molecular weight excluding hydrogens is 282 g/mol. The van der Waals surface area contributed by atoms with Gasteiger partial charge < -0.3 is 5.73 Å². The number of aromatic nitrogens is 2. The molecule has 2 rings (SSSR count). The molecule has 7 heteroatoms. The van der Waals surface area contributed by atoms with E-state index in [1.807, 2.05) is 19.1 Å². The highest BCUT2D eigenvalue weighted by atomic mass is 35.5. The Labute approximate surface area is 111 Å². The van der Waals surface area contributed by atoms with Crippen LogP contribution in [0.15, 0.2) is 16.5 Å². The van der Waals surface area contributed by atoms with Crippen LogP contribution in [0.3, 0.4) is 0 Å². The maximum atomic E-state index is 5.91. The van der Waals surface area contributed by atoms with Gasteiger partial charge in [-0.15, -0.1) is 21.5 Å². The Morgan fingerprint density at radius 1 is 1.44 bits per heavy atom. The van der Waals surface area contributed by atoms with Crippen molar-refractivity contribution in [1.29, 1.82) is 0 Å². The lowest BCUT2D eigenvalue weighted by Crippen LogP contribution is -2.07. The molecule has 0 aliphatic heterocycles. The fraction of sp³-hybridized carbons (Fsp3) is 0.333. The zero-order chi connectivity index (χ0) is 11.5. The SMILES string of the molecule is Cc1nnc(SC(CN)c2ccc(Cl)s2)s1. The third kappa shape index (κ3) is 2.95. The number of thioether (sulfide) groups is 1. The number of rotatable bonds is 4. The van der Waals surface area contributed by atoms with Crippen molar-refractivity contribution in [3.05, 3.63) is 26.4 Å².